The Morgan fingerprint density at radius 3 is 2.85 bits per heavy atom. The van der Waals surface area contributed by atoms with Crippen LogP contribution in [0.1, 0.15) is 19.7 Å². The molecule has 0 atom stereocenters. The van der Waals surface area contributed by atoms with Gasteiger partial charge in [0.15, 0.2) is 12.4 Å². The maximum Gasteiger partial charge on any atom is 0.329 e. The number of hydrogen-bond acceptors (Lipinski definition) is 5. The SMILES string of the molecule is CCOC(=O)Cn1nnc(CC)n1. The quantitative estimate of drug-likeness (QED) is 0.606. The van der Waals surface area contributed by atoms with Gasteiger partial charge in [0.2, 0.25) is 0 Å². The van der Waals surface area contributed by atoms with Crippen molar-refractivity contribution in [1.82, 2.24) is 20.2 Å². The summed E-state index contributed by atoms with van der Waals surface area (Å²) in [4.78, 5) is 12.2. The lowest BCUT2D eigenvalue weighted by molar-refractivity contribution is -0.144. The molecule has 6 heteroatoms. The van der Waals surface area contributed by atoms with Gasteiger partial charge in [-0.2, -0.15) is 4.80 Å². The van der Waals surface area contributed by atoms with Crippen molar-refractivity contribution in [1.29, 1.82) is 0 Å². The van der Waals surface area contributed by atoms with Crippen LogP contribution in [0.5, 0.6) is 0 Å². The fourth-order valence-corrected chi connectivity index (χ4v) is 0.807. The summed E-state index contributed by atoms with van der Waals surface area (Å²) in [7, 11) is 0. The van der Waals surface area contributed by atoms with Crippen molar-refractivity contribution in [3.05, 3.63) is 5.82 Å². The molecule has 0 aliphatic heterocycles. The second kappa shape index (κ2) is 4.54. The zero-order chi connectivity index (χ0) is 9.68. The van der Waals surface area contributed by atoms with Crippen LogP contribution in [0, 0.1) is 0 Å². The smallest absolute Gasteiger partial charge is 0.329 e. The highest BCUT2D eigenvalue weighted by molar-refractivity contribution is 5.68. The van der Waals surface area contributed by atoms with Gasteiger partial charge in [0.05, 0.1) is 6.61 Å². The van der Waals surface area contributed by atoms with E-state index in [0.717, 1.165) is 0 Å². The summed E-state index contributed by atoms with van der Waals surface area (Å²) in [5, 5.41) is 11.4. The number of aromatic nitrogens is 4. The number of nitrogens with zero attached hydrogens (tertiary/aromatic N) is 4. The van der Waals surface area contributed by atoms with Gasteiger partial charge in [-0.1, -0.05) is 6.92 Å². The molecule has 0 amide bonds. The maximum atomic E-state index is 11.0. The van der Waals surface area contributed by atoms with Crippen LogP contribution in [-0.2, 0) is 22.5 Å². The summed E-state index contributed by atoms with van der Waals surface area (Å²) in [6.45, 7) is 4.07. The molecule has 0 saturated heterocycles. The molecule has 72 valence electrons. The molecule has 1 heterocycles. The Balaban J connectivity index is 2.49. The van der Waals surface area contributed by atoms with E-state index in [1.165, 1.54) is 4.80 Å². The van der Waals surface area contributed by atoms with Crippen LogP contribution in [-0.4, -0.2) is 32.8 Å². The van der Waals surface area contributed by atoms with Crippen molar-refractivity contribution in [2.45, 2.75) is 26.8 Å². The minimum absolute atomic E-state index is 0.0286. The molecule has 1 aromatic rings. The number of carbonyl (C=O) groups excluding carboxylic acids is 1. The van der Waals surface area contributed by atoms with E-state index in [2.05, 4.69) is 15.4 Å². The van der Waals surface area contributed by atoms with Crippen LogP contribution >= 0.6 is 0 Å². The number of aryl methyl sites for hydroxylation is 1. The van der Waals surface area contributed by atoms with Gasteiger partial charge < -0.3 is 4.74 Å². The highest BCUT2D eigenvalue weighted by Crippen LogP contribution is 1.88. The van der Waals surface area contributed by atoms with Gasteiger partial charge in [-0.15, -0.1) is 10.2 Å². The number of tetrazole rings is 1. The lowest BCUT2D eigenvalue weighted by Gasteiger charge is -1.98. The Morgan fingerprint density at radius 1 is 1.54 bits per heavy atom. The predicted octanol–water partition coefficient (Wildman–Crippen LogP) is -0.201. The van der Waals surface area contributed by atoms with Crippen LogP contribution in [0.3, 0.4) is 0 Å². The normalized spacial score (nSPS) is 10.0. The molecule has 0 aromatic carbocycles. The first-order chi connectivity index (χ1) is 6.26. The Labute approximate surface area is 75.9 Å². The third kappa shape index (κ3) is 2.81. The van der Waals surface area contributed by atoms with E-state index < -0.39 is 0 Å². The van der Waals surface area contributed by atoms with E-state index >= 15 is 0 Å². The maximum absolute atomic E-state index is 11.0. The fraction of sp³-hybridized carbons (Fsp3) is 0.714. The van der Waals surface area contributed by atoms with E-state index in [1.54, 1.807) is 6.92 Å². The first-order valence-electron chi connectivity index (χ1n) is 4.18. The van der Waals surface area contributed by atoms with Crippen LogP contribution < -0.4 is 0 Å². The summed E-state index contributed by atoms with van der Waals surface area (Å²) >= 11 is 0. The van der Waals surface area contributed by atoms with Gasteiger partial charge in [-0.25, -0.2) is 4.79 Å². The van der Waals surface area contributed by atoms with E-state index in [4.69, 9.17) is 4.74 Å². The zero-order valence-corrected chi connectivity index (χ0v) is 7.73. The molecule has 1 aromatic heterocycles. The Bertz CT molecular complexity index is 284. The zero-order valence-electron chi connectivity index (χ0n) is 7.73. The molecule has 0 fully saturated rings. The molecule has 0 saturated carbocycles. The van der Waals surface area contributed by atoms with Crippen LogP contribution in [0.2, 0.25) is 0 Å². The van der Waals surface area contributed by atoms with Gasteiger partial charge in [-0.05, 0) is 12.1 Å². The third-order valence-corrected chi connectivity index (χ3v) is 1.39. The summed E-state index contributed by atoms with van der Waals surface area (Å²) in [6, 6.07) is 0. The molecule has 0 aliphatic rings. The minimum Gasteiger partial charge on any atom is -0.465 e. The second-order valence-corrected chi connectivity index (χ2v) is 2.39. The predicted molar refractivity (Wildman–Crippen MR) is 43.8 cm³/mol. The number of hydrogen-bond donors (Lipinski definition) is 0. The van der Waals surface area contributed by atoms with Crippen molar-refractivity contribution >= 4 is 5.97 Å². The third-order valence-electron chi connectivity index (χ3n) is 1.39. The average Bonchev–Trinajstić information content (AvgIpc) is 2.52. The first kappa shape index (κ1) is 9.63. The van der Waals surface area contributed by atoms with Crippen LogP contribution in [0.25, 0.3) is 0 Å². The number of esters is 1. The molecule has 0 unspecified atom stereocenters. The summed E-state index contributed by atoms with van der Waals surface area (Å²) in [5.41, 5.74) is 0. The molecule has 0 bridgehead atoms. The minimum atomic E-state index is -0.345. The molecule has 1 rings (SSSR count). The van der Waals surface area contributed by atoms with Crippen molar-refractivity contribution in [2.75, 3.05) is 6.61 Å². The van der Waals surface area contributed by atoms with E-state index in [-0.39, 0.29) is 12.5 Å². The second-order valence-electron chi connectivity index (χ2n) is 2.39. The molecule has 0 radical (unpaired) electrons. The molecular formula is C7H12N4O2. The van der Waals surface area contributed by atoms with Crippen molar-refractivity contribution in [2.24, 2.45) is 0 Å². The molecule has 0 aliphatic carbocycles. The summed E-state index contributed by atoms with van der Waals surface area (Å²) in [6.07, 6.45) is 0.711. The lowest BCUT2D eigenvalue weighted by atomic mass is 10.5. The highest BCUT2D eigenvalue weighted by atomic mass is 16.5. The number of ether oxygens (including phenoxy) is 1. The molecule has 6 nitrogen and oxygen atoms in total. The van der Waals surface area contributed by atoms with Crippen LogP contribution in [0.15, 0.2) is 0 Å². The summed E-state index contributed by atoms with van der Waals surface area (Å²) < 4.78 is 4.72. The monoisotopic (exact) mass is 184 g/mol. The highest BCUT2D eigenvalue weighted by Gasteiger charge is 2.06. The standard InChI is InChI=1S/C7H12N4O2/c1-3-6-8-10-11(9-6)5-7(12)13-4-2/h3-5H2,1-2H3. The Hall–Kier alpha value is -1.46. The Morgan fingerprint density at radius 2 is 2.31 bits per heavy atom. The van der Waals surface area contributed by atoms with Crippen molar-refractivity contribution in [3.8, 4) is 0 Å². The number of rotatable bonds is 4. The molecule has 0 spiro atoms. The van der Waals surface area contributed by atoms with Crippen LogP contribution in [0.4, 0.5) is 0 Å². The van der Waals surface area contributed by atoms with Gasteiger partial charge in [-0.3, -0.25) is 0 Å². The van der Waals surface area contributed by atoms with Gasteiger partial charge in [0, 0.05) is 6.42 Å². The van der Waals surface area contributed by atoms with Gasteiger partial charge in [0.25, 0.3) is 0 Å². The van der Waals surface area contributed by atoms with Gasteiger partial charge >= 0.3 is 5.97 Å². The first-order valence-corrected chi connectivity index (χ1v) is 4.18. The fourth-order valence-electron chi connectivity index (χ4n) is 0.807. The molecule has 13 heavy (non-hydrogen) atoms. The molecular weight excluding hydrogens is 172 g/mol. The van der Waals surface area contributed by atoms with Gasteiger partial charge in [0.1, 0.15) is 0 Å². The Kier molecular flexibility index (Phi) is 3.36. The summed E-state index contributed by atoms with van der Waals surface area (Å²) in [5.74, 6) is 0.284. The van der Waals surface area contributed by atoms with E-state index in [9.17, 15) is 4.79 Å². The number of carbonyl (C=O) groups is 1. The van der Waals surface area contributed by atoms with Crippen molar-refractivity contribution in [3.63, 3.8) is 0 Å². The van der Waals surface area contributed by atoms with Crippen molar-refractivity contribution < 1.29 is 9.53 Å². The largest absolute Gasteiger partial charge is 0.465 e. The average molecular weight is 184 g/mol. The molecule has 0 N–H and O–H groups in total. The lowest BCUT2D eigenvalue weighted by Crippen LogP contribution is -2.15. The van der Waals surface area contributed by atoms with E-state index in [0.29, 0.717) is 18.9 Å². The topological polar surface area (TPSA) is 69.9 Å². The van der Waals surface area contributed by atoms with E-state index in [1.807, 2.05) is 6.92 Å².